The Morgan fingerprint density at radius 2 is 1.81 bits per heavy atom. The van der Waals surface area contributed by atoms with Gasteiger partial charge in [-0.15, -0.1) is 0 Å². The van der Waals surface area contributed by atoms with E-state index in [-0.39, 0.29) is 23.4 Å². The number of Topliss-reactive ketones (excluding diaryl/α,β-unsaturated/α-hetero) is 1. The Morgan fingerprint density at radius 3 is 2.52 bits per heavy atom. The number of carbonyl (C=O) groups is 3. The molecule has 6 nitrogen and oxygen atoms in total. The number of amides is 2. The molecular formula is C23H20ClFN2O4. The number of halogens is 2. The Kier molecular flexibility index (Phi) is 4.83. The molecule has 0 aromatic heterocycles. The fourth-order valence-corrected chi connectivity index (χ4v) is 5.54. The largest absolute Gasteiger partial charge is 0.495 e. The average molecular weight is 443 g/mol. The minimum atomic E-state index is -0.793. The summed E-state index contributed by atoms with van der Waals surface area (Å²) >= 11 is 6.13. The number of ether oxygens (including phenoxy) is 1. The topological polar surface area (TPSA) is 66.9 Å². The molecule has 0 saturated carbocycles. The van der Waals surface area contributed by atoms with Crippen LogP contribution in [0.3, 0.4) is 0 Å². The van der Waals surface area contributed by atoms with Crippen molar-refractivity contribution in [3.63, 3.8) is 0 Å². The lowest BCUT2D eigenvalue weighted by molar-refractivity contribution is -0.123. The quantitative estimate of drug-likeness (QED) is 0.536. The maximum atomic E-state index is 13.6. The second-order valence-electron chi connectivity index (χ2n) is 8.14. The molecule has 0 N–H and O–H groups in total. The molecule has 0 bridgehead atoms. The van der Waals surface area contributed by atoms with Crippen LogP contribution in [0.1, 0.15) is 23.2 Å². The number of fused-ring (bicyclic) bond motifs is 3. The lowest BCUT2D eigenvalue weighted by atomic mass is 9.85. The van der Waals surface area contributed by atoms with Crippen molar-refractivity contribution in [1.82, 2.24) is 4.90 Å². The Bertz CT molecular complexity index is 1090. The predicted molar refractivity (Wildman–Crippen MR) is 112 cm³/mol. The van der Waals surface area contributed by atoms with E-state index in [1.165, 1.54) is 37.4 Å². The van der Waals surface area contributed by atoms with Gasteiger partial charge in [-0.1, -0.05) is 11.6 Å². The van der Waals surface area contributed by atoms with Crippen LogP contribution in [0, 0.1) is 17.7 Å². The molecule has 2 aromatic rings. The van der Waals surface area contributed by atoms with E-state index in [1.54, 1.807) is 12.1 Å². The second kappa shape index (κ2) is 7.43. The Morgan fingerprint density at radius 1 is 1.10 bits per heavy atom. The number of anilines is 1. The molecule has 8 heteroatoms. The molecule has 4 atom stereocenters. The fourth-order valence-electron chi connectivity index (χ4n) is 5.38. The molecule has 2 aromatic carbocycles. The van der Waals surface area contributed by atoms with Crippen molar-refractivity contribution < 1.29 is 23.5 Å². The number of methoxy groups -OCH3 is 1. The maximum absolute atomic E-state index is 13.6. The van der Waals surface area contributed by atoms with Gasteiger partial charge in [-0.05, 0) is 61.9 Å². The van der Waals surface area contributed by atoms with Gasteiger partial charge in [0.25, 0.3) is 0 Å². The highest BCUT2D eigenvalue weighted by atomic mass is 35.5. The van der Waals surface area contributed by atoms with E-state index in [1.807, 2.05) is 4.90 Å². The summed E-state index contributed by atoms with van der Waals surface area (Å²) in [6.07, 6.45) is 1.59. The van der Waals surface area contributed by atoms with Crippen LogP contribution in [-0.4, -0.2) is 48.2 Å². The molecule has 3 heterocycles. The van der Waals surface area contributed by atoms with Crippen molar-refractivity contribution in [3.05, 3.63) is 58.9 Å². The minimum absolute atomic E-state index is 0.175. The lowest BCUT2D eigenvalue weighted by Crippen LogP contribution is -2.46. The smallest absolute Gasteiger partial charge is 0.239 e. The number of benzene rings is 2. The van der Waals surface area contributed by atoms with Crippen molar-refractivity contribution in [2.24, 2.45) is 11.8 Å². The number of rotatable bonds is 4. The summed E-state index contributed by atoms with van der Waals surface area (Å²) in [6.45, 7) is 0.649. The summed E-state index contributed by atoms with van der Waals surface area (Å²) in [4.78, 5) is 43.6. The first-order valence-electron chi connectivity index (χ1n) is 10.2. The number of ketones is 1. The molecule has 0 spiro atoms. The first-order chi connectivity index (χ1) is 14.9. The van der Waals surface area contributed by atoms with Crippen LogP contribution in [0.15, 0.2) is 42.5 Å². The van der Waals surface area contributed by atoms with Gasteiger partial charge < -0.3 is 4.74 Å². The van der Waals surface area contributed by atoms with Gasteiger partial charge in [0.05, 0.1) is 30.7 Å². The number of carbonyl (C=O) groups excluding carboxylic acids is 3. The molecule has 3 fully saturated rings. The number of nitrogens with zero attached hydrogens (tertiary/aromatic N) is 2. The SMILES string of the molecule is COc1ccc(Cl)cc1N1C(=O)[C@@H]2[C@@H](C1=O)[C@@H]1CCCN1[C@@H]2C(=O)c1ccc(F)cc1. The third-order valence-electron chi connectivity index (χ3n) is 6.63. The van der Waals surface area contributed by atoms with Crippen LogP contribution in [0.4, 0.5) is 10.1 Å². The third-order valence-corrected chi connectivity index (χ3v) is 6.87. The van der Waals surface area contributed by atoms with Gasteiger partial charge in [0, 0.05) is 16.6 Å². The van der Waals surface area contributed by atoms with E-state index in [0.29, 0.717) is 22.9 Å². The summed E-state index contributed by atoms with van der Waals surface area (Å²) in [5.74, 6) is -2.50. The monoisotopic (exact) mass is 442 g/mol. The normalized spacial score (nSPS) is 27.5. The van der Waals surface area contributed by atoms with Gasteiger partial charge in [0.15, 0.2) is 5.78 Å². The van der Waals surface area contributed by atoms with Crippen molar-refractivity contribution in [1.29, 1.82) is 0 Å². The molecule has 3 saturated heterocycles. The average Bonchev–Trinajstić information content (AvgIpc) is 3.40. The van der Waals surface area contributed by atoms with E-state index in [2.05, 4.69) is 0 Å². The zero-order valence-electron chi connectivity index (χ0n) is 16.8. The summed E-state index contributed by atoms with van der Waals surface area (Å²) in [7, 11) is 1.46. The van der Waals surface area contributed by atoms with Crippen molar-refractivity contribution >= 4 is 34.9 Å². The zero-order chi connectivity index (χ0) is 21.9. The highest BCUT2D eigenvalue weighted by Crippen LogP contribution is 2.49. The Hall–Kier alpha value is -2.77. The molecular weight excluding hydrogens is 423 g/mol. The van der Waals surface area contributed by atoms with E-state index < -0.39 is 29.6 Å². The first-order valence-corrected chi connectivity index (χ1v) is 10.6. The van der Waals surface area contributed by atoms with Gasteiger partial charge in [0.2, 0.25) is 11.8 Å². The predicted octanol–water partition coefficient (Wildman–Crippen LogP) is 3.32. The molecule has 0 radical (unpaired) electrons. The standard InChI is InChI=1S/C23H20ClFN2O4/c1-31-17-9-6-13(24)11-16(17)27-22(29)18-15-3-2-10-26(15)20(19(18)23(27)30)21(28)12-4-7-14(25)8-5-12/h4-9,11,15,18-20H,2-3,10H2,1H3/t15-,18-,19+,20-/m0/s1. The summed E-state index contributed by atoms with van der Waals surface area (Å²) < 4.78 is 18.7. The highest BCUT2D eigenvalue weighted by Gasteiger charge is 2.65. The molecule has 3 aliphatic rings. The zero-order valence-corrected chi connectivity index (χ0v) is 17.5. The van der Waals surface area contributed by atoms with Crippen molar-refractivity contribution in [3.8, 4) is 5.75 Å². The number of imide groups is 1. The van der Waals surface area contributed by atoms with Crippen LogP contribution >= 0.6 is 11.6 Å². The Labute approximate surface area is 183 Å². The number of hydrogen-bond acceptors (Lipinski definition) is 5. The molecule has 31 heavy (non-hydrogen) atoms. The summed E-state index contributed by atoms with van der Waals surface area (Å²) in [5.41, 5.74) is 0.619. The van der Waals surface area contributed by atoms with Gasteiger partial charge in [0.1, 0.15) is 11.6 Å². The van der Waals surface area contributed by atoms with Gasteiger partial charge in [-0.3, -0.25) is 19.3 Å². The van der Waals surface area contributed by atoms with E-state index >= 15 is 0 Å². The maximum Gasteiger partial charge on any atom is 0.239 e. The van der Waals surface area contributed by atoms with E-state index in [9.17, 15) is 18.8 Å². The van der Waals surface area contributed by atoms with Crippen molar-refractivity contribution in [2.75, 3.05) is 18.6 Å². The van der Waals surface area contributed by atoms with Gasteiger partial charge in [-0.25, -0.2) is 9.29 Å². The second-order valence-corrected chi connectivity index (χ2v) is 8.58. The molecule has 5 rings (SSSR count). The number of hydrogen-bond donors (Lipinski definition) is 0. The lowest BCUT2D eigenvalue weighted by Gasteiger charge is -2.28. The fraction of sp³-hybridized carbons (Fsp3) is 0.348. The molecule has 0 unspecified atom stereocenters. The molecule has 2 amide bonds. The van der Waals surface area contributed by atoms with E-state index in [0.717, 1.165) is 17.7 Å². The van der Waals surface area contributed by atoms with Crippen molar-refractivity contribution in [2.45, 2.75) is 24.9 Å². The van der Waals surface area contributed by atoms with Crippen LogP contribution in [0.5, 0.6) is 5.75 Å². The van der Waals surface area contributed by atoms with Gasteiger partial charge in [-0.2, -0.15) is 0 Å². The van der Waals surface area contributed by atoms with Crippen LogP contribution in [0.2, 0.25) is 5.02 Å². The van der Waals surface area contributed by atoms with Crippen LogP contribution in [-0.2, 0) is 9.59 Å². The van der Waals surface area contributed by atoms with Crippen LogP contribution < -0.4 is 9.64 Å². The van der Waals surface area contributed by atoms with Gasteiger partial charge >= 0.3 is 0 Å². The third kappa shape index (κ3) is 2.98. The van der Waals surface area contributed by atoms with Crippen LogP contribution in [0.25, 0.3) is 0 Å². The Balaban J connectivity index is 1.57. The summed E-state index contributed by atoms with van der Waals surface area (Å²) in [5, 5.41) is 0.370. The summed E-state index contributed by atoms with van der Waals surface area (Å²) in [6, 6.07) is 9.13. The molecule has 160 valence electrons. The first kappa shape index (κ1) is 20.2. The molecule has 3 aliphatic heterocycles. The molecule has 0 aliphatic carbocycles. The highest BCUT2D eigenvalue weighted by molar-refractivity contribution is 6.32. The van der Waals surface area contributed by atoms with E-state index in [4.69, 9.17) is 16.3 Å². The minimum Gasteiger partial charge on any atom is -0.495 e.